The minimum atomic E-state index is -0.347. The van der Waals surface area contributed by atoms with E-state index in [9.17, 15) is 8.78 Å². The molecule has 0 aliphatic heterocycles. The van der Waals surface area contributed by atoms with Crippen LogP contribution in [0, 0.1) is 11.6 Å². The van der Waals surface area contributed by atoms with Gasteiger partial charge in [-0.25, -0.2) is 8.78 Å². The van der Waals surface area contributed by atoms with E-state index in [-0.39, 0.29) is 22.1 Å². The highest BCUT2D eigenvalue weighted by Crippen LogP contribution is 2.40. The number of fused-ring (bicyclic) bond motifs is 1. The Labute approximate surface area is 100 Å². The topological polar surface area (TPSA) is 0 Å². The van der Waals surface area contributed by atoms with E-state index in [1.165, 1.54) is 18.2 Å². The summed E-state index contributed by atoms with van der Waals surface area (Å²) in [5, 5.41) is 2.56. The van der Waals surface area contributed by atoms with E-state index in [0.717, 1.165) is 9.60 Å². The van der Waals surface area contributed by atoms with Gasteiger partial charge in [0.25, 0.3) is 0 Å². The predicted molar refractivity (Wildman–Crippen MR) is 67.7 cm³/mol. The van der Waals surface area contributed by atoms with Crippen LogP contribution in [0.2, 0.25) is 0 Å². The zero-order valence-corrected chi connectivity index (χ0v) is 9.68. The Bertz CT molecular complexity index is 686. The number of hydrogen-bond donors (Lipinski definition) is 0. The van der Waals surface area contributed by atoms with Crippen molar-refractivity contribution in [2.45, 2.75) is 0 Å². The second-order valence-electron chi connectivity index (χ2n) is 3.75. The van der Waals surface area contributed by atoms with Gasteiger partial charge < -0.3 is 0 Å². The van der Waals surface area contributed by atoms with E-state index < -0.39 is 0 Å². The van der Waals surface area contributed by atoms with Crippen LogP contribution in [0.25, 0.3) is 15.0 Å². The summed E-state index contributed by atoms with van der Waals surface area (Å²) in [5.74, 6) is -0.474. The summed E-state index contributed by atoms with van der Waals surface area (Å²) in [5.41, 5.74) is 0. The fraction of sp³-hybridized carbons (Fsp3) is 0. The Morgan fingerprint density at radius 3 is 2.53 bits per heavy atom. The van der Waals surface area contributed by atoms with E-state index in [4.69, 9.17) is 0 Å². The van der Waals surface area contributed by atoms with Crippen molar-refractivity contribution in [1.82, 2.24) is 0 Å². The van der Waals surface area contributed by atoms with Gasteiger partial charge in [0, 0.05) is 22.6 Å². The molecule has 2 aromatic carbocycles. The average molecular weight is 247 g/mol. The van der Waals surface area contributed by atoms with Crippen molar-refractivity contribution < 1.29 is 8.78 Å². The first-order valence-corrected chi connectivity index (χ1v) is 6.50. The van der Waals surface area contributed by atoms with Gasteiger partial charge in [-0.15, -0.1) is 0 Å². The van der Waals surface area contributed by atoms with E-state index in [1.54, 1.807) is 18.2 Å². The van der Waals surface area contributed by atoms with Gasteiger partial charge in [-0.1, -0.05) is 12.1 Å². The molecule has 0 saturated carbocycles. The lowest BCUT2D eigenvalue weighted by atomic mass is 10.2. The maximum absolute atomic E-state index is 13.5. The standard InChI is InChI=1S/C14H9F2S/c15-10-3-1-4-11(9-10)17-8-7-12-13(16)5-2-6-14(12)17/h1-9H/q+1. The first kappa shape index (κ1) is 10.4. The molecule has 3 aromatic rings. The lowest BCUT2D eigenvalue weighted by Crippen LogP contribution is -1.75. The molecular weight excluding hydrogens is 238 g/mol. The van der Waals surface area contributed by atoms with Crippen LogP contribution in [0.15, 0.2) is 53.9 Å². The van der Waals surface area contributed by atoms with Gasteiger partial charge in [0.2, 0.25) is 0 Å². The summed E-state index contributed by atoms with van der Waals surface area (Å²) in [6.45, 7) is 0. The SMILES string of the molecule is Fc1cccc(-[s+]2ccc3c(F)cccc32)c1. The summed E-state index contributed by atoms with van der Waals surface area (Å²) in [4.78, 5) is 0.880. The molecule has 1 atom stereocenters. The Kier molecular flexibility index (Phi) is 2.41. The molecule has 84 valence electrons. The van der Waals surface area contributed by atoms with E-state index in [2.05, 4.69) is 0 Å². The maximum Gasteiger partial charge on any atom is 0.189 e. The first-order chi connectivity index (χ1) is 8.25. The minimum absolute atomic E-state index is 0.217. The van der Waals surface area contributed by atoms with Gasteiger partial charge >= 0.3 is 0 Å². The molecular formula is C14H9F2S+. The normalized spacial score (nSPS) is 12.0. The molecule has 0 saturated heterocycles. The number of halogens is 2. The van der Waals surface area contributed by atoms with Crippen LogP contribution in [-0.4, -0.2) is 0 Å². The molecule has 3 heteroatoms. The molecule has 0 N–H and O–H groups in total. The van der Waals surface area contributed by atoms with Crippen LogP contribution < -0.4 is 0 Å². The van der Waals surface area contributed by atoms with Gasteiger partial charge in [0.15, 0.2) is 9.60 Å². The number of rotatable bonds is 1. The third kappa shape index (κ3) is 1.72. The summed E-state index contributed by atoms with van der Waals surface area (Å²) in [6, 6.07) is 13.3. The molecule has 0 amide bonds. The summed E-state index contributed by atoms with van der Waals surface area (Å²) in [6.07, 6.45) is 0. The van der Waals surface area contributed by atoms with Crippen LogP contribution in [0.3, 0.4) is 0 Å². The molecule has 1 unspecified atom stereocenters. The smallest absolute Gasteiger partial charge is 0.189 e. The molecule has 0 bridgehead atoms. The second kappa shape index (κ2) is 3.93. The number of thiophene rings is 1. The molecule has 0 nitrogen and oxygen atoms in total. The largest absolute Gasteiger partial charge is 0.207 e. The lowest BCUT2D eigenvalue weighted by Gasteiger charge is -1.92. The molecule has 0 radical (unpaired) electrons. The zero-order valence-electron chi connectivity index (χ0n) is 8.86. The van der Waals surface area contributed by atoms with Gasteiger partial charge in [0.1, 0.15) is 17.0 Å². The quantitative estimate of drug-likeness (QED) is 0.539. The number of benzene rings is 2. The molecule has 0 aliphatic carbocycles. The van der Waals surface area contributed by atoms with E-state index in [1.807, 2.05) is 17.5 Å². The van der Waals surface area contributed by atoms with Crippen LogP contribution in [0.4, 0.5) is 8.78 Å². The van der Waals surface area contributed by atoms with Crippen molar-refractivity contribution >= 4 is 20.6 Å². The zero-order chi connectivity index (χ0) is 11.8. The minimum Gasteiger partial charge on any atom is -0.207 e. The second-order valence-corrected chi connectivity index (χ2v) is 5.61. The van der Waals surface area contributed by atoms with Crippen molar-refractivity contribution in [2.24, 2.45) is 0 Å². The lowest BCUT2D eigenvalue weighted by molar-refractivity contribution is 0.629. The van der Waals surface area contributed by atoms with Crippen LogP contribution in [0.5, 0.6) is 0 Å². The van der Waals surface area contributed by atoms with Crippen molar-refractivity contribution in [3.63, 3.8) is 0 Å². The highest BCUT2D eigenvalue weighted by Gasteiger charge is 2.17. The van der Waals surface area contributed by atoms with Crippen LogP contribution in [-0.2, 0) is 0 Å². The molecule has 0 aliphatic rings. The average Bonchev–Trinajstić information content (AvgIpc) is 2.74. The summed E-state index contributed by atoms with van der Waals surface area (Å²) >= 11 is 0. The highest BCUT2D eigenvalue weighted by atomic mass is 32.2. The fourth-order valence-electron chi connectivity index (χ4n) is 1.89. The van der Waals surface area contributed by atoms with Crippen LogP contribution >= 0.6 is 10.5 Å². The maximum atomic E-state index is 13.5. The predicted octanol–water partition coefficient (Wildman–Crippen LogP) is 4.86. The molecule has 0 spiro atoms. The van der Waals surface area contributed by atoms with Crippen molar-refractivity contribution in [2.75, 3.05) is 0 Å². The van der Waals surface area contributed by atoms with Crippen molar-refractivity contribution in [1.29, 1.82) is 0 Å². The Morgan fingerprint density at radius 2 is 1.71 bits per heavy atom. The summed E-state index contributed by atoms with van der Waals surface area (Å²) in [7, 11) is -0.347. The van der Waals surface area contributed by atoms with Gasteiger partial charge in [-0.3, -0.25) is 0 Å². The fourth-order valence-corrected chi connectivity index (χ4v) is 3.81. The third-order valence-electron chi connectivity index (χ3n) is 2.67. The monoisotopic (exact) mass is 247 g/mol. The Hall–Kier alpha value is -1.74. The Balaban J connectivity index is 2.28. The molecule has 1 aromatic heterocycles. The number of hydrogen-bond acceptors (Lipinski definition) is 0. The Morgan fingerprint density at radius 1 is 0.882 bits per heavy atom. The van der Waals surface area contributed by atoms with Crippen LogP contribution in [0.1, 0.15) is 0 Å². The molecule has 1 heterocycles. The highest BCUT2D eigenvalue weighted by molar-refractivity contribution is 7.43. The van der Waals surface area contributed by atoms with Gasteiger partial charge in [-0.2, -0.15) is 0 Å². The molecule has 0 fully saturated rings. The molecule has 17 heavy (non-hydrogen) atoms. The molecule has 3 rings (SSSR count). The third-order valence-corrected chi connectivity index (χ3v) is 4.67. The van der Waals surface area contributed by atoms with E-state index in [0.29, 0.717) is 5.39 Å². The van der Waals surface area contributed by atoms with Crippen molar-refractivity contribution in [3.05, 3.63) is 65.5 Å². The van der Waals surface area contributed by atoms with Gasteiger partial charge in [-0.05, 0) is 24.3 Å². The first-order valence-electron chi connectivity index (χ1n) is 5.21. The van der Waals surface area contributed by atoms with Crippen molar-refractivity contribution in [3.8, 4) is 4.90 Å². The van der Waals surface area contributed by atoms with E-state index >= 15 is 0 Å². The summed E-state index contributed by atoms with van der Waals surface area (Å²) < 4.78 is 27.6. The van der Waals surface area contributed by atoms with Gasteiger partial charge in [0.05, 0.1) is 5.39 Å².